The monoisotopic (exact) mass is 332 g/mol. The quantitative estimate of drug-likeness (QED) is 0.908. The molecule has 128 valence electrons. The van der Waals surface area contributed by atoms with Crippen molar-refractivity contribution in [2.24, 2.45) is 0 Å². The highest BCUT2D eigenvalue weighted by atomic mass is 19.1. The second-order valence-electron chi connectivity index (χ2n) is 6.12. The predicted octanol–water partition coefficient (Wildman–Crippen LogP) is 2.22. The number of aromatic nitrogens is 4. The summed E-state index contributed by atoms with van der Waals surface area (Å²) in [6, 6.07) is 5.17. The van der Waals surface area contributed by atoms with Crippen molar-refractivity contribution in [2.45, 2.75) is 44.7 Å². The second-order valence-corrected chi connectivity index (χ2v) is 6.12. The number of amides is 1. The van der Waals surface area contributed by atoms with E-state index in [9.17, 15) is 9.18 Å². The summed E-state index contributed by atoms with van der Waals surface area (Å²) in [7, 11) is 1.93. The van der Waals surface area contributed by atoms with Gasteiger partial charge in [-0.25, -0.2) is 9.07 Å². The molecule has 8 heteroatoms. The highest BCUT2D eigenvalue weighted by Crippen LogP contribution is 2.29. The Kier molecular flexibility index (Phi) is 5.02. The van der Waals surface area contributed by atoms with Crippen LogP contribution in [-0.4, -0.2) is 39.2 Å². The molecule has 24 heavy (non-hydrogen) atoms. The van der Waals surface area contributed by atoms with E-state index in [1.807, 2.05) is 11.9 Å². The number of anilines is 2. The summed E-state index contributed by atoms with van der Waals surface area (Å²) in [4.78, 5) is 13.9. The zero-order valence-corrected chi connectivity index (χ0v) is 13.7. The highest BCUT2D eigenvalue weighted by Gasteiger charge is 2.20. The van der Waals surface area contributed by atoms with Crippen LogP contribution in [0, 0.1) is 5.82 Å². The van der Waals surface area contributed by atoms with Crippen LogP contribution in [0.25, 0.3) is 0 Å². The molecule has 0 bridgehead atoms. The van der Waals surface area contributed by atoms with Crippen LogP contribution in [0.1, 0.15) is 32.1 Å². The van der Waals surface area contributed by atoms with Crippen LogP contribution >= 0.6 is 0 Å². The molecule has 0 atom stereocenters. The maximum atomic E-state index is 14.5. The van der Waals surface area contributed by atoms with E-state index in [0.717, 1.165) is 12.8 Å². The molecule has 1 amide bonds. The van der Waals surface area contributed by atoms with Gasteiger partial charge in [-0.1, -0.05) is 19.3 Å². The minimum absolute atomic E-state index is 0.0155. The summed E-state index contributed by atoms with van der Waals surface area (Å²) in [6.45, 7) is -0.0155. The van der Waals surface area contributed by atoms with E-state index in [1.165, 1.54) is 36.3 Å². The first-order valence-electron chi connectivity index (χ1n) is 8.16. The molecule has 1 aliphatic carbocycles. The van der Waals surface area contributed by atoms with E-state index in [0.29, 0.717) is 17.4 Å². The molecule has 1 aromatic carbocycles. The van der Waals surface area contributed by atoms with Crippen molar-refractivity contribution in [3.05, 3.63) is 30.3 Å². The molecule has 0 unspecified atom stereocenters. The van der Waals surface area contributed by atoms with Gasteiger partial charge in [0.1, 0.15) is 18.7 Å². The van der Waals surface area contributed by atoms with Crippen LogP contribution < -0.4 is 10.2 Å². The highest BCUT2D eigenvalue weighted by molar-refractivity contribution is 5.90. The van der Waals surface area contributed by atoms with E-state index in [1.54, 1.807) is 12.1 Å². The number of hydrogen-bond acceptors (Lipinski definition) is 5. The Morgan fingerprint density at radius 1 is 1.38 bits per heavy atom. The number of nitrogens with zero attached hydrogens (tertiary/aromatic N) is 5. The lowest BCUT2D eigenvalue weighted by atomic mass is 9.94. The summed E-state index contributed by atoms with van der Waals surface area (Å²) >= 11 is 0. The molecule has 0 spiro atoms. The molecule has 1 N–H and O–H groups in total. The van der Waals surface area contributed by atoms with Gasteiger partial charge in [-0.3, -0.25) is 4.79 Å². The molecule has 1 aliphatic rings. The Morgan fingerprint density at radius 3 is 2.83 bits per heavy atom. The van der Waals surface area contributed by atoms with Gasteiger partial charge >= 0.3 is 0 Å². The third kappa shape index (κ3) is 3.87. The fourth-order valence-electron chi connectivity index (χ4n) is 3.14. The Balaban J connectivity index is 1.64. The summed E-state index contributed by atoms with van der Waals surface area (Å²) in [5.41, 5.74) is 0.992. The number of halogens is 1. The maximum absolute atomic E-state index is 14.5. The van der Waals surface area contributed by atoms with Crippen LogP contribution in [0.5, 0.6) is 0 Å². The van der Waals surface area contributed by atoms with E-state index in [4.69, 9.17) is 0 Å². The Hall–Kier alpha value is -2.51. The molecule has 0 radical (unpaired) electrons. The van der Waals surface area contributed by atoms with Gasteiger partial charge in [0.05, 0.1) is 5.69 Å². The zero-order valence-electron chi connectivity index (χ0n) is 13.7. The van der Waals surface area contributed by atoms with E-state index in [-0.39, 0.29) is 18.3 Å². The van der Waals surface area contributed by atoms with E-state index in [2.05, 4.69) is 20.8 Å². The lowest BCUT2D eigenvalue weighted by Crippen LogP contribution is -2.33. The number of carbonyl (C=O) groups excluding carboxylic acids is 1. The largest absolute Gasteiger partial charge is 0.369 e. The molecule has 7 nitrogen and oxygen atoms in total. The summed E-state index contributed by atoms with van der Waals surface area (Å²) in [5, 5.41) is 13.2. The molecule has 3 rings (SSSR count). The molecule has 0 aliphatic heterocycles. The molecule has 1 fully saturated rings. The molecule has 2 aromatic rings. The van der Waals surface area contributed by atoms with Gasteiger partial charge in [0.2, 0.25) is 5.91 Å². The third-order valence-electron chi connectivity index (χ3n) is 4.43. The first kappa shape index (κ1) is 16.4. The van der Waals surface area contributed by atoms with Crippen molar-refractivity contribution in [1.29, 1.82) is 0 Å². The van der Waals surface area contributed by atoms with Crippen LogP contribution in [0.3, 0.4) is 0 Å². The van der Waals surface area contributed by atoms with Gasteiger partial charge in [0.25, 0.3) is 0 Å². The van der Waals surface area contributed by atoms with Crippen molar-refractivity contribution in [3.8, 4) is 0 Å². The fourth-order valence-corrected chi connectivity index (χ4v) is 3.14. The first-order valence-corrected chi connectivity index (χ1v) is 8.16. The lowest BCUT2D eigenvalue weighted by Gasteiger charge is -2.33. The third-order valence-corrected chi connectivity index (χ3v) is 4.43. The lowest BCUT2D eigenvalue weighted by molar-refractivity contribution is -0.116. The van der Waals surface area contributed by atoms with E-state index < -0.39 is 0 Å². The number of benzene rings is 1. The maximum Gasteiger partial charge on any atom is 0.246 e. The van der Waals surface area contributed by atoms with Crippen molar-refractivity contribution in [1.82, 2.24) is 20.2 Å². The van der Waals surface area contributed by atoms with Crippen molar-refractivity contribution in [3.63, 3.8) is 0 Å². The molecule has 1 heterocycles. The summed E-state index contributed by atoms with van der Waals surface area (Å²) in [6.07, 6.45) is 7.20. The van der Waals surface area contributed by atoms with Gasteiger partial charge in [0.15, 0.2) is 0 Å². The molecular formula is C16H21FN6O. The molecule has 0 saturated heterocycles. The van der Waals surface area contributed by atoms with Gasteiger partial charge in [-0.05, 0) is 41.5 Å². The standard InChI is InChI=1S/C16H21FN6O/c1-22(13-5-3-2-4-6-13)15-8-7-12(9-14(15)17)19-16(24)10-23-11-18-20-21-23/h7-9,11,13H,2-6,10H2,1H3,(H,19,24). The summed E-state index contributed by atoms with van der Waals surface area (Å²) in [5.74, 6) is -0.640. The average Bonchev–Trinajstić information content (AvgIpc) is 3.08. The number of tetrazole rings is 1. The van der Waals surface area contributed by atoms with Crippen LogP contribution in [0.15, 0.2) is 24.5 Å². The van der Waals surface area contributed by atoms with Crippen LogP contribution in [0.4, 0.5) is 15.8 Å². The van der Waals surface area contributed by atoms with Crippen molar-refractivity contribution >= 4 is 17.3 Å². The smallest absolute Gasteiger partial charge is 0.246 e. The number of rotatable bonds is 5. The first-order chi connectivity index (χ1) is 11.6. The number of carbonyl (C=O) groups is 1. The van der Waals surface area contributed by atoms with Crippen molar-refractivity contribution < 1.29 is 9.18 Å². The van der Waals surface area contributed by atoms with Gasteiger partial charge in [0, 0.05) is 18.8 Å². The van der Waals surface area contributed by atoms with Gasteiger partial charge in [-0.2, -0.15) is 0 Å². The molecule has 1 aromatic heterocycles. The zero-order chi connectivity index (χ0) is 16.9. The second kappa shape index (κ2) is 7.37. The Labute approximate surface area is 139 Å². The normalized spacial score (nSPS) is 15.2. The van der Waals surface area contributed by atoms with Gasteiger partial charge < -0.3 is 10.2 Å². The fraction of sp³-hybridized carbons (Fsp3) is 0.500. The molecule has 1 saturated carbocycles. The number of nitrogens with one attached hydrogen (secondary N) is 1. The van der Waals surface area contributed by atoms with Gasteiger partial charge in [-0.15, -0.1) is 5.10 Å². The molecular weight excluding hydrogens is 311 g/mol. The van der Waals surface area contributed by atoms with Crippen LogP contribution in [0.2, 0.25) is 0 Å². The minimum Gasteiger partial charge on any atom is -0.369 e. The Morgan fingerprint density at radius 2 is 2.17 bits per heavy atom. The summed E-state index contributed by atoms with van der Waals surface area (Å²) < 4.78 is 15.8. The predicted molar refractivity (Wildman–Crippen MR) is 88.1 cm³/mol. The van der Waals surface area contributed by atoms with Crippen molar-refractivity contribution in [2.75, 3.05) is 17.3 Å². The van der Waals surface area contributed by atoms with E-state index >= 15 is 0 Å². The number of hydrogen-bond donors (Lipinski definition) is 1. The SMILES string of the molecule is CN(c1ccc(NC(=O)Cn2cnnn2)cc1F)C1CCCCC1. The Bertz CT molecular complexity index is 684. The average molecular weight is 332 g/mol. The minimum atomic E-state index is -0.330. The van der Waals surface area contributed by atoms with Crippen LogP contribution in [-0.2, 0) is 11.3 Å². The topological polar surface area (TPSA) is 75.9 Å².